The van der Waals surface area contributed by atoms with Gasteiger partial charge in [0.1, 0.15) is 9.88 Å². The summed E-state index contributed by atoms with van der Waals surface area (Å²) in [4.78, 5) is 0.124. The Balaban J connectivity index is 2.23. The van der Waals surface area contributed by atoms with Gasteiger partial charge in [-0.25, -0.2) is 13.1 Å². The van der Waals surface area contributed by atoms with E-state index in [-0.39, 0.29) is 27.1 Å². The van der Waals surface area contributed by atoms with Crippen molar-refractivity contribution in [2.45, 2.75) is 36.3 Å². The smallest absolute Gasteiger partial charge is 0.242 e. The van der Waals surface area contributed by atoms with Crippen molar-refractivity contribution in [1.82, 2.24) is 4.72 Å². The molecule has 0 radical (unpaired) electrons. The van der Waals surface area contributed by atoms with E-state index in [9.17, 15) is 8.42 Å². The van der Waals surface area contributed by atoms with Gasteiger partial charge in [0.25, 0.3) is 0 Å². The molecule has 0 bridgehead atoms. The molecule has 3 N–H and O–H groups in total. The second kappa shape index (κ2) is 6.58. The molecule has 5 nitrogen and oxygen atoms in total. The van der Waals surface area contributed by atoms with E-state index in [0.717, 1.165) is 12.8 Å². The Morgan fingerprint density at radius 3 is 2.76 bits per heavy atom. The maximum atomic E-state index is 12.5. The number of halogens is 1. The van der Waals surface area contributed by atoms with Crippen LogP contribution in [-0.2, 0) is 14.8 Å². The molecule has 1 aromatic carbocycles. The van der Waals surface area contributed by atoms with E-state index in [1.54, 1.807) is 13.2 Å². The number of benzene rings is 1. The number of sulfonamides is 1. The van der Waals surface area contributed by atoms with Crippen LogP contribution in [0.1, 0.15) is 24.8 Å². The lowest BCUT2D eigenvalue weighted by Gasteiger charge is -2.15. The van der Waals surface area contributed by atoms with Crippen molar-refractivity contribution in [3.8, 4) is 0 Å². The lowest BCUT2D eigenvalue weighted by Crippen LogP contribution is -2.33. The molecule has 1 saturated carbocycles. The first-order valence-electron chi connectivity index (χ1n) is 6.48. The molecule has 1 fully saturated rings. The van der Waals surface area contributed by atoms with Crippen molar-refractivity contribution in [2.75, 3.05) is 7.11 Å². The number of nitrogens with one attached hydrogen (secondary N) is 1. The van der Waals surface area contributed by atoms with Gasteiger partial charge < -0.3 is 10.5 Å². The lowest BCUT2D eigenvalue weighted by atomic mass is 10.2. The van der Waals surface area contributed by atoms with Crippen LogP contribution in [0.15, 0.2) is 23.1 Å². The van der Waals surface area contributed by atoms with Crippen LogP contribution in [-0.4, -0.2) is 32.7 Å². The highest BCUT2D eigenvalue weighted by molar-refractivity contribution is 7.89. The molecule has 1 aliphatic rings. The second-order valence-electron chi connectivity index (χ2n) is 5.00. The van der Waals surface area contributed by atoms with Crippen LogP contribution in [0.5, 0.6) is 0 Å². The number of nitrogens with two attached hydrogens (primary N) is 1. The van der Waals surface area contributed by atoms with E-state index < -0.39 is 10.0 Å². The first-order chi connectivity index (χ1) is 9.83. The Morgan fingerprint density at radius 2 is 2.19 bits per heavy atom. The Kier molecular flexibility index (Phi) is 5.21. The monoisotopic (exact) mass is 348 g/mol. The number of hydrogen-bond donors (Lipinski definition) is 2. The summed E-state index contributed by atoms with van der Waals surface area (Å²) in [6, 6.07) is 4.33. The third kappa shape index (κ3) is 3.92. The zero-order chi connectivity index (χ0) is 15.6. The molecular formula is C13H17ClN2O3S2. The molecule has 116 valence electrons. The van der Waals surface area contributed by atoms with Gasteiger partial charge in [0.05, 0.1) is 11.1 Å². The first-order valence-corrected chi connectivity index (χ1v) is 8.75. The third-order valence-electron chi connectivity index (χ3n) is 3.54. The van der Waals surface area contributed by atoms with Crippen LogP contribution in [0.4, 0.5) is 0 Å². The number of ether oxygens (including phenoxy) is 1. The minimum atomic E-state index is -3.71. The Hall–Kier alpha value is -0.730. The van der Waals surface area contributed by atoms with E-state index in [1.165, 1.54) is 12.1 Å². The lowest BCUT2D eigenvalue weighted by molar-refractivity contribution is 0.107. The zero-order valence-corrected chi connectivity index (χ0v) is 13.9. The van der Waals surface area contributed by atoms with Gasteiger partial charge >= 0.3 is 0 Å². The van der Waals surface area contributed by atoms with Crippen molar-refractivity contribution >= 4 is 38.8 Å². The van der Waals surface area contributed by atoms with Crippen LogP contribution in [0.25, 0.3) is 0 Å². The van der Waals surface area contributed by atoms with Gasteiger partial charge in [-0.2, -0.15) is 0 Å². The highest BCUT2D eigenvalue weighted by atomic mass is 35.5. The van der Waals surface area contributed by atoms with Crippen LogP contribution in [0, 0.1) is 0 Å². The average Bonchev–Trinajstić information content (AvgIpc) is 2.85. The van der Waals surface area contributed by atoms with Crippen molar-refractivity contribution < 1.29 is 13.2 Å². The summed E-state index contributed by atoms with van der Waals surface area (Å²) in [6.07, 6.45) is 2.33. The molecular weight excluding hydrogens is 332 g/mol. The first kappa shape index (κ1) is 16.6. The van der Waals surface area contributed by atoms with Gasteiger partial charge in [-0.3, -0.25) is 0 Å². The second-order valence-corrected chi connectivity index (χ2v) is 7.53. The maximum absolute atomic E-state index is 12.5. The largest absolute Gasteiger partial charge is 0.389 e. The summed E-state index contributed by atoms with van der Waals surface area (Å²) in [5.74, 6) is 0. The Labute approximate surface area is 134 Å². The van der Waals surface area contributed by atoms with E-state index >= 15 is 0 Å². The molecule has 1 aliphatic carbocycles. The number of hydrogen-bond acceptors (Lipinski definition) is 4. The van der Waals surface area contributed by atoms with E-state index in [2.05, 4.69) is 4.72 Å². The molecule has 2 unspecified atom stereocenters. The molecule has 2 rings (SSSR count). The predicted molar refractivity (Wildman–Crippen MR) is 86.1 cm³/mol. The number of thiocarbonyl (C=S) groups is 1. The van der Waals surface area contributed by atoms with Crippen LogP contribution < -0.4 is 10.5 Å². The molecule has 0 amide bonds. The molecule has 0 heterocycles. The molecule has 0 saturated heterocycles. The Morgan fingerprint density at radius 1 is 1.48 bits per heavy atom. The van der Waals surface area contributed by atoms with Crippen LogP contribution in [0.3, 0.4) is 0 Å². The standard InChI is InChI=1S/C13H17ClN2O3S2/c1-19-10-4-3-9(7-10)16-21(17,18)12-6-8(13(15)20)2-5-11(12)14/h2,5-6,9-10,16H,3-4,7H2,1H3,(H2,15,20). The molecule has 1 aromatic rings. The van der Waals surface area contributed by atoms with Crippen molar-refractivity contribution in [3.05, 3.63) is 28.8 Å². The zero-order valence-electron chi connectivity index (χ0n) is 11.5. The van der Waals surface area contributed by atoms with Crippen LogP contribution >= 0.6 is 23.8 Å². The topological polar surface area (TPSA) is 81.4 Å². The van der Waals surface area contributed by atoms with Gasteiger partial charge in [-0.1, -0.05) is 29.9 Å². The van der Waals surface area contributed by atoms with Gasteiger partial charge in [-0.05, 0) is 31.4 Å². The third-order valence-corrected chi connectivity index (χ3v) is 5.78. The molecule has 8 heteroatoms. The van der Waals surface area contributed by atoms with Crippen molar-refractivity contribution in [2.24, 2.45) is 5.73 Å². The minimum absolute atomic E-state index is 0.00432. The summed E-state index contributed by atoms with van der Waals surface area (Å²) >= 11 is 10.9. The number of methoxy groups -OCH3 is 1. The average molecular weight is 349 g/mol. The van der Waals surface area contributed by atoms with E-state index in [1.807, 2.05) is 0 Å². The molecule has 0 aromatic heterocycles. The highest BCUT2D eigenvalue weighted by Gasteiger charge is 2.29. The Bertz CT molecular complexity index is 649. The number of rotatable bonds is 5. The van der Waals surface area contributed by atoms with Gasteiger partial charge in [0.2, 0.25) is 10.0 Å². The SMILES string of the molecule is COC1CCC(NS(=O)(=O)c2cc(C(N)=S)ccc2Cl)C1. The van der Waals surface area contributed by atoms with Gasteiger partial charge in [-0.15, -0.1) is 0 Å². The summed E-state index contributed by atoms with van der Waals surface area (Å²) < 4.78 is 32.8. The normalized spacial score (nSPS) is 22.4. The quantitative estimate of drug-likeness (QED) is 0.793. The molecule has 0 aliphatic heterocycles. The van der Waals surface area contributed by atoms with E-state index in [0.29, 0.717) is 12.0 Å². The summed E-state index contributed by atoms with van der Waals surface area (Å²) in [6.45, 7) is 0. The minimum Gasteiger partial charge on any atom is -0.389 e. The molecule has 21 heavy (non-hydrogen) atoms. The van der Waals surface area contributed by atoms with Crippen molar-refractivity contribution in [1.29, 1.82) is 0 Å². The predicted octanol–water partition coefficient (Wildman–Crippen LogP) is 1.82. The fourth-order valence-corrected chi connectivity index (χ4v) is 4.34. The summed E-state index contributed by atoms with van der Waals surface area (Å²) in [5, 5.41) is 0.142. The van der Waals surface area contributed by atoms with E-state index in [4.69, 9.17) is 34.3 Å². The van der Waals surface area contributed by atoms with Crippen molar-refractivity contribution in [3.63, 3.8) is 0 Å². The maximum Gasteiger partial charge on any atom is 0.242 e. The fourth-order valence-electron chi connectivity index (χ4n) is 2.41. The van der Waals surface area contributed by atoms with Gasteiger partial charge in [0.15, 0.2) is 0 Å². The highest BCUT2D eigenvalue weighted by Crippen LogP contribution is 2.26. The summed E-state index contributed by atoms with van der Waals surface area (Å²) in [5.41, 5.74) is 6.00. The van der Waals surface area contributed by atoms with Gasteiger partial charge in [0, 0.05) is 18.7 Å². The fraction of sp³-hybridized carbons (Fsp3) is 0.462. The molecule has 0 spiro atoms. The van der Waals surface area contributed by atoms with Crippen LogP contribution in [0.2, 0.25) is 5.02 Å². The molecule has 2 atom stereocenters. The summed E-state index contributed by atoms with van der Waals surface area (Å²) in [7, 11) is -2.09.